The van der Waals surface area contributed by atoms with Crippen LogP contribution < -0.4 is 10.6 Å². The fraction of sp³-hybridized carbons (Fsp3) is 0.800. The van der Waals surface area contributed by atoms with Gasteiger partial charge in [-0.25, -0.2) is 0 Å². The normalized spacial score (nSPS) is 17.3. The van der Waals surface area contributed by atoms with E-state index >= 15 is 0 Å². The van der Waals surface area contributed by atoms with E-state index in [-0.39, 0.29) is 6.04 Å². The minimum atomic E-state index is 0.212. The third-order valence-electron chi connectivity index (χ3n) is 5.02. The van der Waals surface area contributed by atoms with Gasteiger partial charge in [0.25, 0.3) is 0 Å². The van der Waals surface area contributed by atoms with E-state index in [9.17, 15) is 0 Å². The predicted molar refractivity (Wildman–Crippen MR) is 111 cm³/mol. The average Bonchev–Trinajstić information content (AvgIpc) is 3.08. The Morgan fingerprint density at radius 2 is 2.11 bits per heavy atom. The number of aryl methyl sites for hydroxylation is 1. The summed E-state index contributed by atoms with van der Waals surface area (Å²) in [6.07, 6.45) is 12.0. The Hall–Kier alpha value is -1.60. The summed E-state index contributed by atoms with van der Waals surface area (Å²) in [6.45, 7) is 5.33. The van der Waals surface area contributed by atoms with Crippen LogP contribution in [0.4, 0.5) is 0 Å². The first-order valence-corrected chi connectivity index (χ1v) is 10.4. The van der Waals surface area contributed by atoms with Crippen molar-refractivity contribution in [3.8, 4) is 0 Å². The zero-order valence-corrected chi connectivity index (χ0v) is 17.6. The van der Waals surface area contributed by atoms with Crippen molar-refractivity contribution in [1.29, 1.82) is 0 Å². The van der Waals surface area contributed by atoms with E-state index in [0.29, 0.717) is 12.6 Å². The molecule has 7 heteroatoms. The number of likely N-dealkylation sites (N-methyl/N-ethyl adjacent to an activating group) is 1. The van der Waals surface area contributed by atoms with Gasteiger partial charge in [0.15, 0.2) is 5.96 Å². The smallest absolute Gasteiger partial charge is 0.191 e. The van der Waals surface area contributed by atoms with Gasteiger partial charge >= 0.3 is 0 Å². The molecule has 1 saturated carbocycles. The molecule has 154 valence electrons. The lowest BCUT2D eigenvalue weighted by molar-refractivity contribution is 0.0277. The van der Waals surface area contributed by atoms with Crippen LogP contribution in [-0.2, 0) is 11.8 Å². The van der Waals surface area contributed by atoms with Gasteiger partial charge < -0.3 is 20.3 Å². The molecule has 1 fully saturated rings. The van der Waals surface area contributed by atoms with Gasteiger partial charge in [0, 0.05) is 38.5 Å². The minimum Gasteiger partial charge on any atom is -0.378 e. The maximum atomic E-state index is 6.00. The monoisotopic (exact) mass is 378 g/mol. The van der Waals surface area contributed by atoms with Crippen LogP contribution in [0.5, 0.6) is 0 Å². The van der Waals surface area contributed by atoms with E-state index in [0.717, 1.165) is 32.1 Å². The number of nitrogens with one attached hydrogen (secondary N) is 2. The van der Waals surface area contributed by atoms with E-state index in [2.05, 4.69) is 47.8 Å². The van der Waals surface area contributed by atoms with Crippen molar-refractivity contribution in [2.75, 3.05) is 40.3 Å². The number of hydrogen-bond donors (Lipinski definition) is 2. The second kappa shape index (κ2) is 12.0. The van der Waals surface area contributed by atoms with Gasteiger partial charge in [-0.2, -0.15) is 5.10 Å². The van der Waals surface area contributed by atoms with Crippen LogP contribution >= 0.6 is 0 Å². The van der Waals surface area contributed by atoms with Crippen LogP contribution in [0.15, 0.2) is 17.4 Å². The van der Waals surface area contributed by atoms with Gasteiger partial charge in [-0.3, -0.25) is 9.67 Å². The number of rotatable bonds is 10. The Balaban J connectivity index is 1.76. The third-order valence-corrected chi connectivity index (χ3v) is 5.02. The lowest BCUT2D eigenvalue weighted by Gasteiger charge is -2.23. The van der Waals surface area contributed by atoms with Crippen molar-refractivity contribution < 1.29 is 4.74 Å². The third kappa shape index (κ3) is 7.89. The molecule has 0 saturated heterocycles. The quantitative estimate of drug-likeness (QED) is 0.372. The number of aromatic nitrogens is 2. The number of hydrogen-bond acceptors (Lipinski definition) is 4. The van der Waals surface area contributed by atoms with Crippen molar-refractivity contribution in [2.24, 2.45) is 12.0 Å². The van der Waals surface area contributed by atoms with E-state index in [1.54, 1.807) is 0 Å². The molecule has 1 aromatic rings. The molecule has 1 unspecified atom stereocenters. The van der Waals surface area contributed by atoms with E-state index in [1.807, 2.05) is 17.9 Å². The number of aliphatic imine (C=N–C) groups is 1. The van der Waals surface area contributed by atoms with Gasteiger partial charge in [-0.05, 0) is 40.3 Å². The van der Waals surface area contributed by atoms with Crippen molar-refractivity contribution >= 4 is 5.96 Å². The molecular weight excluding hydrogens is 340 g/mol. The second-order valence-corrected chi connectivity index (χ2v) is 7.56. The van der Waals surface area contributed by atoms with Crippen molar-refractivity contribution in [1.82, 2.24) is 25.3 Å². The number of guanidine groups is 1. The Bertz CT molecular complexity index is 550. The van der Waals surface area contributed by atoms with Crippen molar-refractivity contribution in [2.45, 2.75) is 57.6 Å². The molecule has 0 spiro atoms. The molecule has 1 aliphatic carbocycles. The Morgan fingerprint density at radius 1 is 1.33 bits per heavy atom. The minimum absolute atomic E-state index is 0.212. The molecular formula is C20H38N6O. The fourth-order valence-electron chi connectivity index (χ4n) is 3.46. The summed E-state index contributed by atoms with van der Waals surface area (Å²) in [5, 5.41) is 11.0. The average molecular weight is 379 g/mol. The first-order valence-electron chi connectivity index (χ1n) is 10.4. The van der Waals surface area contributed by atoms with Gasteiger partial charge in [-0.1, -0.05) is 19.3 Å². The number of nitrogens with zero attached hydrogens (tertiary/aromatic N) is 4. The Kier molecular flexibility index (Phi) is 9.62. The molecule has 1 heterocycles. The van der Waals surface area contributed by atoms with E-state index in [1.165, 1.54) is 37.7 Å². The first-order chi connectivity index (χ1) is 13.1. The zero-order chi connectivity index (χ0) is 19.5. The van der Waals surface area contributed by atoms with Crippen molar-refractivity contribution in [3.63, 3.8) is 0 Å². The molecule has 0 aromatic carbocycles. The molecule has 0 radical (unpaired) electrons. The van der Waals surface area contributed by atoms with Crippen LogP contribution in [0.1, 0.15) is 57.1 Å². The highest BCUT2D eigenvalue weighted by atomic mass is 16.5. The first kappa shape index (κ1) is 21.7. The number of ether oxygens (including phenoxy) is 1. The second-order valence-electron chi connectivity index (χ2n) is 7.56. The van der Waals surface area contributed by atoms with Crippen LogP contribution in [0, 0.1) is 0 Å². The van der Waals surface area contributed by atoms with Crippen LogP contribution in [0.2, 0.25) is 0 Å². The highest BCUT2D eigenvalue weighted by Gasteiger charge is 2.16. The lowest BCUT2D eigenvalue weighted by atomic mass is 9.98. The Morgan fingerprint density at radius 3 is 2.74 bits per heavy atom. The SMILES string of the molecule is CCNC(=NCC(c1cnn(C)c1)N(C)C)NCCCOC1CCCCC1. The lowest BCUT2D eigenvalue weighted by Crippen LogP contribution is -2.39. The largest absolute Gasteiger partial charge is 0.378 e. The van der Waals surface area contributed by atoms with Gasteiger partial charge in [0.2, 0.25) is 0 Å². The van der Waals surface area contributed by atoms with Crippen LogP contribution in [0.25, 0.3) is 0 Å². The molecule has 1 atom stereocenters. The molecule has 2 rings (SSSR count). The summed E-state index contributed by atoms with van der Waals surface area (Å²) in [5.41, 5.74) is 1.18. The molecule has 0 aliphatic heterocycles. The standard InChI is InChI=1S/C20H38N6O/c1-5-21-20(22-12-9-13-27-18-10-7-6-8-11-18)23-15-19(25(2)3)17-14-24-26(4)16-17/h14,16,18-19H,5-13,15H2,1-4H3,(H2,21,22,23). The van der Waals surface area contributed by atoms with Crippen LogP contribution in [0.3, 0.4) is 0 Å². The van der Waals surface area contributed by atoms with Gasteiger partial charge in [-0.15, -0.1) is 0 Å². The molecule has 1 aliphatic rings. The molecule has 7 nitrogen and oxygen atoms in total. The molecule has 27 heavy (non-hydrogen) atoms. The molecule has 1 aromatic heterocycles. The van der Waals surface area contributed by atoms with Gasteiger partial charge in [0.1, 0.15) is 0 Å². The van der Waals surface area contributed by atoms with Crippen molar-refractivity contribution in [3.05, 3.63) is 18.0 Å². The zero-order valence-electron chi connectivity index (χ0n) is 17.6. The summed E-state index contributed by atoms with van der Waals surface area (Å²) in [7, 11) is 6.10. The summed E-state index contributed by atoms with van der Waals surface area (Å²) < 4.78 is 7.84. The summed E-state index contributed by atoms with van der Waals surface area (Å²) >= 11 is 0. The fourth-order valence-corrected chi connectivity index (χ4v) is 3.46. The summed E-state index contributed by atoms with van der Waals surface area (Å²) in [5.74, 6) is 0.867. The molecule has 0 amide bonds. The summed E-state index contributed by atoms with van der Waals surface area (Å²) in [6, 6.07) is 0.212. The predicted octanol–water partition coefficient (Wildman–Crippen LogP) is 2.32. The topological polar surface area (TPSA) is 66.7 Å². The maximum absolute atomic E-state index is 6.00. The molecule has 2 N–H and O–H groups in total. The maximum Gasteiger partial charge on any atom is 0.191 e. The highest BCUT2D eigenvalue weighted by molar-refractivity contribution is 5.79. The highest BCUT2D eigenvalue weighted by Crippen LogP contribution is 2.20. The van der Waals surface area contributed by atoms with Crippen LogP contribution in [-0.4, -0.2) is 67.1 Å². The Labute approximate surface area is 164 Å². The summed E-state index contributed by atoms with van der Waals surface area (Å²) in [4.78, 5) is 6.97. The van der Waals surface area contributed by atoms with Gasteiger partial charge in [0.05, 0.1) is 24.9 Å². The van der Waals surface area contributed by atoms with E-state index in [4.69, 9.17) is 9.73 Å². The van der Waals surface area contributed by atoms with E-state index < -0.39 is 0 Å². The molecule has 0 bridgehead atoms.